The molecule has 38 heavy (non-hydrogen) atoms. The fourth-order valence-corrected chi connectivity index (χ4v) is 4.51. The highest BCUT2D eigenvalue weighted by atomic mass is 79.9. The van der Waals surface area contributed by atoms with Gasteiger partial charge in [-0.2, -0.15) is 9.13 Å². The molecule has 0 amide bonds. The maximum absolute atomic E-state index is 3.34. The largest absolute Gasteiger partial charge is 1.00 e. The van der Waals surface area contributed by atoms with E-state index in [0.29, 0.717) is 0 Å². The molecule has 0 saturated carbocycles. The summed E-state index contributed by atoms with van der Waals surface area (Å²) in [5.74, 6) is 13.3. The Hall–Kier alpha value is -3.44. The quantitative estimate of drug-likeness (QED) is 0.145. The fourth-order valence-electron chi connectivity index (χ4n) is 4.51. The van der Waals surface area contributed by atoms with Crippen molar-refractivity contribution < 1.29 is 43.1 Å². The molecule has 0 aliphatic carbocycles. The molecule has 0 unspecified atom stereocenters. The van der Waals surface area contributed by atoms with Crippen LogP contribution in [0.15, 0.2) is 109 Å². The Morgan fingerprint density at radius 3 is 1.45 bits per heavy atom. The predicted octanol–water partition coefficient (Wildman–Crippen LogP) is 0.240. The standard InChI is InChI=1S/C34H30N2.2BrH/c1(9-24-35-26-12-20-31-18-5-7-22-33(31)35)3-14-29-16-11-17-30(28-29)15-4-2-10-25-36-27-13-21-32-19-6-8-23-34(32)36;;/h5-8,11-13,16-23,26-28H,1-2,9-10,24-25H2;2*1H/q+2;;/p-2. The third-order valence-corrected chi connectivity index (χ3v) is 6.31. The van der Waals surface area contributed by atoms with Crippen LogP contribution in [-0.2, 0) is 13.1 Å². The molecule has 0 atom stereocenters. The van der Waals surface area contributed by atoms with Gasteiger partial charge in [0, 0.05) is 71.8 Å². The summed E-state index contributed by atoms with van der Waals surface area (Å²) in [4.78, 5) is 0. The van der Waals surface area contributed by atoms with Crippen molar-refractivity contribution in [3.63, 3.8) is 0 Å². The zero-order valence-corrected chi connectivity index (χ0v) is 24.5. The molecule has 190 valence electrons. The number of fused-ring (bicyclic) bond motifs is 2. The summed E-state index contributed by atoms with van der Waals surface area (Å²) in [5, 5.41) is 2.55. The van der Waals surface area contributed by atoms with Crippen LogP contribution in [-0.4, -0.2) is 0 Å². The van der Waals surface area contributed by atoms with Crippen LogP contribution in [0.3, 0.4) is 0 Å². The number of benzene rings is 3. The second-order valence-electron chi connectivity index (χ2n) is 8.91. The van der Waals surface area contributed by atoms with Gasteiger partial charge in [-0.1, -0.05) is 54.0 Å². The lowest BCUT2D eigenvalue weighted by atomic mass is 10.1. The lowest BCUT2D eigenvalue weighted by Gasteiger charge is -1.99. The second-order valence-corrected chi connectivity index (χ2v) is 8.91. The molecule has 0 N–H and O–H groups in total. The van der Waals surface area contributed by atoms with E-state index in [1.54, 1.807) is 0 Å². The van der Waals surface area contributed by atoms with Crippen molar-refractivity contribution in [1.29, 1.82) is 0 Å². The number of nitrogens with zero attached hydrogens (tertiary/aromatic N) is 2. The molecule has 0 fully saturated rings. The minimum absolute atomic E-state index is 0. The van der Waals surface area contributed by atoms with Gasteiger partial charge >= 0.3 is 0 Å². The first-order valence-corrected chi connectivity index (χ1v) is 12.7. The van der Waals surface area contributed by atoms with Crippen molar-refractivity contribution in [2.24, 2.45) is 0 Å². The number of unbranched alkanes of at least 4 members (excludes halogenated alkanes) is 2. The fraction of sp³-hybridized carbons (Fsp3) is 0.176. The van der Waals surface area contributed by atoms with E-state index in [-0.39, 0.29) is 34.0 Å². The first-order valence-electron chi connectivity index (χ1n) is 12.7. The number of para-hydroxylation sites is 2. The maximum Gasteiger partial charge on any atom is 0.212 e. The molecule has 5 aromatic rings. The van der Waals surface area contributed by atoms with Crippen LogP contribution in [0.2, 0.25) is 0 Å². The first-order chi connectivity index (χ1) is 17.9. The summed E-state index contributed by atoms with van der Waals surface area (Å²) in [6.07, 6.45) is 8.10. The lowest BCUT2D eigenvalue weighted by molar-refractivity contribution is -0.671. The van der Waals surface area contributed by atoms with Crippen molar-refractivity contribution in [3.8, 4) is 23.7 Å². The van der Waals surface area contributed by atoms with E-state index >= 15 is 0 Å². The summed E-state index contributed by atoms with van der Waals surface area (Å²) < 4.78 is 4.62. The molecule has 2 nitrogen and oxygen atoms in total. The van der Waals surface area contributed by atoms with Gasteiger partial charge in [0.2, 0.25) is 11.0 Å². The Morgan fingerprint density at radius 1 is 0.500 bits per heavy atom. The van der Waals surface area contributed by atoms with Crippen molar-refractivity contribution in [3.05, 3.63) is 121 Å². The maximum atomic E-state index is 3.34. The van der Waals surface area contributed by atoms with Crippen LogP contribution in [0.4, 0.5) is 0 Å². The Morgan fingerprint density at radius 2 is 0.947 bits per heavy atom. The highest BCUT2D eigenvalue weighted by Crippen LogP contribution is 2.09. The Labute approximate surface area is 246 Å². The van der Waals surface area contributed by atoms with E-state index in [0.717, 1.165) is 49.9 Å². The number of rotatable bonds is 6. The molecule has 5 rings (SSSR count). The zero-order valence-electron chi connectivity index (χ0n) is 21.3. The number of hydrogen-bond donors (Lipinski definition) is 0. The van der Waals surface area contributed by atoms with Gasteiger partial charge in [-0.25, -0.2) is 0 Å². The van der Waals surface area contributed by atoms with Gasteiger partial charge in [0.15, 0.2) is 12.4 Å². The van der Waals surface area contributed by atoms with Crippen LogP contribution < -0.4 is 43.1 Å². The van der Waals surface area contributed by atoms with E-state index in [1.807, 2.05) is 6.07 Å². The Balaban J connectivity index is 0.00000200. The number of aromatic nitrogens is 2. The van der Waals surface area contributed by atoms with Gasteiger partial charge in [-0.3, -0.25) is 0 Å². The number of pyridine rings is 2. The molecule has 2 heterocycles. The highest BCUT2D eigenvalue weighted by molar-refractivity contribution is 5.75. The smallest absolute Gasteiger partial charge is 0.212 e. The molecule has 0 aliphatic heterocycles. The summed E-state index contributed by atoms with van der Waals surface area (Å²) in [6, 6.07) is 33.8. The minimum atomic E-state index is 0. The van der Waals surface area contributed by atoms with Crippen LogP contribution in [0.25, 0.3) is 21.8 Å². The van der Waals surface area contributed by atoms with Gasteiger partial charge in [-0.05, 0) is 42.5 Å². The van der Waals surface area contributed by atoms with E-state index in [9.17, 15) is 0 Å². The van der Waals surface area contributed by atoms with Crippen molar-refractivity contribution in [2.75, 3.05) is 0 Å². The van der Waals surface area contributed by atoms with E-state index in [2.05, 4.69) is 136 Å². The third-order valence-electron chi connectivity index (χ3n) is 6.31. The molecular formula is C34H30Br2N2. The van der Waals surface area contributed by atoms with Crippen molar-refractivity contribution >= 4 is 21.8 Å². The lowest BCUT2D eigenvalue weighted by Crippen LogP contribution is -3.00. The molecule has 2 aromatic heterocycles. The van der Waals surface area contributed by atoms with E-state index in [4.69, 9.17) is 0 Å². The first kappa shape index (κ1) is 29.1. The topological polar surface area (TPSA) is 7.76 Å². The minimum Gasteiger partial charge on any atom is -1.00 e. The second kappa shape index (κ2) is 15.1. The van der Waals surface area contributed by atoms with Crippen molar-refractivity contribution in [1.82, 2.24) is 0 Å². The normalized spacial score (nSPS) is 9.89. The summed E-state index contributed by atoms with van der Waals surface area (Å²) >= 11 is 0. The average molecular weight is 626 g/mol. The molecule has 0 spiro atoms. The Bertz CT molecular complexity index is 1490. The molecule has 0 radical (unpaired) electrons. The van der Waals surface area contributed by atoms with Gasteiger partial charge < -0.3 is 34.0 Å². The van der Waals surface area contributed by atoms with Gasteiger partial charge in [0.1, 0.15) is 13.1 Å². The van der Waals surface area contributed by atoms with Crippen LogP contribution in [0.1, 0.15) is 36.8 Å². The van der Waals surface area contributed by atoms with Gasteiger partial charge in [-0.15, -0.1) is 0 Å². The van der Waals surface area contributed by atoms with E-state index in [1.165, 1.54) is 21.8 Å². The third kappa shape index (κ3) is 7.78. The van der Waals surface area contributed by atoms with Crippen LogP contribution in [0, 0.1) is 23.7 Å². The zero-order chi connectivity index (χ0) is 24.4. The predicted molar refractivity (Wildman–Crippen MR) is 147 cm³/mol. The molecule has 0 bridgehead atoms. The highest BCUT2D eigenvalue weighted by Gasteiger charge is 2.07. The van der Waals surface area contributed by atoms with Crippen LogP contribution >= 0.6 is 0 Å². The van der Waals surface area contributed by atoms with Crippen molar-refractivity contribution in [2.45, 2.75) is 38.8 Å². The molecule has 3 aromatic carbocycles. The van der Waals surface area contributed by atoms with Crippen LogP contribution in [0.5, 0.6) is 0 Å². The summed E-state index contributed by atoms with van der Waals surface area (Å²) in [7, 11) is 0. The van der Waals surface area contributed by atoms with Gasteiger partial charge in [0.05, 0.1) is 0 Å². The molecular weight excluding hydrogens is 596 g/mol. The molecule has 0 aliphatic rings. The monoisotopic (exact) mass is 624 g/mol. The van der Waals surface area contributed by atoms with Gasteiger partial charge in [0.25, 0.3) is 0 Å². The Kier molecular flexibility index (Phi) is 11.6. The summed E-state index contributed by atoms with van der Waals surface area (Å²) in [6.45, 7) is 1.94. The molecule has 4 heteroatoms. The SMILES string of the molecule is C(#Cc1cccc(C#CCCC[n+]2cccc3ccccc32)c1)CCC[n+]1cccc2ccccc21.[Br-].[Br-]. The number of hydrogen-bond acceptors (Lipinski definition) is 0. The number of aryl methyl sites for hydroxylation is 2. The van der Waals surface area contributed by atoms with E-state index < -0.39 is 0 Å². The summed E-state index contributed by atoms with van der Waals surface area (Å²) in [5.41, 5.74) is 4.61. The number of halogens is 2. The molecule has 0 saturated heterocycles. The average Bonchev–Trinajstić information content (AvgIpc) is 2.93.